The van der Waals surface area contributed by atoms with Crippen LogP contribution in [0.5, 0.6) is 0 Å². The van der Waals surface area contributed by atoms with Crippen LogP contribution in [-0.4, -0.2) is 52.0 Å². The van der Waals surface area contributed by atoms with E-state index in [-0.39, 0.29) is 31.4 Å². The van der Waals surface area contributed by atoms with Crippen LogP contribution in [-0.2, 0) is 25.6 Å². The minimum Gasteiger partial charge on any atom is -0.461 e. The molecule has 1 aromatic heterocycles. The molecule has 0 saturated heterocycles. The van der Waals surface area contributed by atoms with Gasteiger partial charge in [-0.3, -0.25) is 20.4 Å². The number of rotatable bonds is 10. The highest BCUT2D eigenvalue weighted by atomic mass is 16.6. The highest BCUT2D eigenvalue weighted by Gasteiger charge is 2.28. The third-order valence-corrected chi connectivity index (χ3v) is 5.92. The van der Waals surface area contributed by atoms with Gasteiger partial charge < -0.3 is 23.7 Å². The number of esters is 1. The maximum absolute atomic E-state index is 12.8. The zero-order valence-electron chi connectivity index (χ0n) is 26.1. The molecule has 44 heavy (non-hydrogen) atoms. The van der Waals surface area contributed by atoms with E-state index >= 15 is 0 Å². The summed E-state index contributed by atoms with van der Waals surface area (Å²) in [6.07, 6.45) is -2.24. The zero-order valence-corrected chi connectivity index (χ0v) is 26.1. The number of alkyl carbamates (subject to hydrolysis) is 2. The van der Waals surface area contributed by atoms with Gasteiger partial charge in [-0.05, 0) is 72.1 Å². The Morgan fingerprint density at radius 3 is 2.09 bits per heavy atom. The number of guanidine groups is 1. The number of aliphatic hydroxyl groups excluding tert-OH is 1. The molecular formula is C32H42N4O8. The molecule has 2 atom stereocenters. The van der Waals surface area contributed by atoms with E-state index in [0.717, 1.165) is 5.56 Å². The fourth-order valence-corrected chi connectivity index (χ4v) is 4.06. The van der Waals surface area contributed by atoms with Gasteiger partial charge >= 0.3 is 18.2 Å². The van der Waals surface area contributed by atoms with E-state index < -0.39 is 41.4 Å². The van der Waals surface area contributed by atoms with E-state index in [4.69, 9.17) is 18.6 Å². The van der Waals surface area contributed by atoms with Crippen LogP contribution in [0.4, 0.5) is 9.59 Å². The van der Waals surface area contributed by atoms with Crippen molar-refractivity contribution in [2.45, 2.75) is 84.7 Å². The van der Waals surface area contributed by atoms with Crippen LogP contribution in [0.2, 0.25) is 0 Å². The summed E-state index contributed by atoms with van der Waals surface area (Å²) in [7, 11) is 0. The zero-order chi connectivity index (χ0) is 32.3. The van der Waals surface area contributed by atoms with Crippen LogP contribution >= 0.6 is 0 Å². The van der Waals surface area contributed by atoms with Crippen molar-refractivity contribution in [3.8, 4) is 0 Å². The minimum atomic E-state index is -1.20. The highest BCUT2D eigenvalue weighted by Crippen LogP contribution is 2.31. The Hall–Kier alpha value is -4.45. The quantitative estimate of drug-likeness (QED) is 0.0847. The van der Waals surface area contributed by atoms with Crippen molar-refractivity contribution in [1.82, 2.24) is 15.6 Å². The highest BCUT2D eigenvalue weighted by molar-refractivity contribution is 6.01. The Labute approximate surface area is 257 Å². The molecule has 2 amide bonds. The largest absolute Gasteiger partial charge is 0.461 e. The number of aromatic nitrogens is 1. The number of para-hydroxylation sites is 2. The van der Waals surface area contributed by atoms with Crippen LogP contribution in [0.1, 0.15) is 78.4 Å². The second kappa shape index (κ2) is 15.3. The van der Waals surface area contributed by atoms with E-state index in [0.29, 0.717) is 23.9 Å². The Kier molecular flexibility index (Phi) is 11.9. The first-order chi connectivity index (χ1) is 20.7. The predicted octanol–water partition coefficient (Wildman–Crippen LogP) is 5.80. The number of hydrogen-bond acceptors (Lipinski definition) is 10. The molecule has 0 radical (unpaired) electrons. The maximum atomic E-state index is 12.8. The Balaban J connectivity index is 1.71. The number of nitrogens with zero attached hydrogens (tertiary/aromatic N) is 2. The van der Waals surface area contributed by atoms with Gasteiger partial charge in [0.25, 0.3) is 0 Å². The fourth-order valence-electron chi connectivity index (χ4n) is 4.06. The van der Waals surface area contributed by atoms with E-state index in [1.807, 2.05) is 36.4 Å². The number of fused-ring (bicyclic) bond motifs is 1. The van der Waals surface area contributed by atoms with Crippen molar-refractivity contribution in [1.29, 1.82) is 0 Å². The van der Waals surface area contributed by atoms with E-state index in [2.05, 4.69) is 20.6 Å². The number of hydrogen-bond donors (Lipinski definition) is 3. The van der Waals surface area contributed by atoms with Crippen LogP contribution in [0.15, 0.2) is 64.0 Å². The number of amides is 2. The minimum absolute atomic E-state index is 0.0921. The van der Waals surface area contributed by atoms with Crippen LogP contribution < -0.4 is 10.6 Å². The number of nitrogens with one attached hydrogen (secondary N) is 2. The summed E-state index contributed by atoms with van der Waals surface area (Å²) < 4.78 is 21.8. The molecule has 12 nitrogen and oxygen atoms in total. The van der Waals surface area contributed by atoms with Gasteiger partial charge in [-0.2, -0.15) is 0 Å². The number of aliphatic hydroxyl groups is 1. The average Bonchev–Trinajstić information content (AvgIpc) is 3.36. The van der Waals surface area contributed by atoms with Crippen LogP contribution in [0.3, 0.4) is 0 Å². The molecule has 0 bridgehead atoms. The second-order valence-electron chi connectivity index (χ2n) is 12.2. The average molecular weight is 611 g/mol. The lowest BCUT2D eigenvalue weighted by Gasteiger charge is -2.22. The van der Waals surface area contributed by atoms with Crippen molar-refractivity contribution in [3.05, 3.63) is 66.1 Å². The lowest BCUT2D eigenvalue weighted by Crippen LogP contribution is -2.47. The van der Waals surface area contributed by atoms with Crippen molar-refractivity contribution in [2.75, 3.05) is 6.54 Å². The molecule has 0 saturated carbocycles. The van der Waals surface area contributed by atoms with Crippen LogP contribution in [0.25, 0.3) is 11.1 Å². The fraction of sp³-hybridized carbons (Fsp3) is 0.469. The molecule has 238 valence electrons. The van der Waals surface area contributed by atoms with Gasteiger partial charge in [0.2, 0.25) is 11.9 Å². The van der Waals surface area contributed by atoms with Gasteiger partial charge in [0.1, 0.15) is 29.4 Å². The first-order valence-corrected chi connectivity index (χ1v) is 14.5. The monoisotopic (exact) mass is 610 g/mol. The second-order valence-corrected chi connectivity index (χ2v) is 12.2. The number of carbonyl (C=O) groups excluding carboxylic acids is 3. The number of benzene rings is 2. The van der Waals surface area contributed by atoms with Crippen LogP contribution in [0, 0.1) is 5.92 Å². The van der Waals surface area contributed by atoms with E-state index in [1.165, 1.54) is 0 Å². The van der Waals surface area contributed by atoms with Crippen molar-refractivity contribution in [2.24, 2.45) is 10.9 Å². The summed E-state index contributed by atoms with van der Waals surface area (Å²) in [5.41, 5.74) is 0.396. The first kappa shape index (κ1) is 34.0. The number of ether oxygens (including phenoxy) is 3. The first-order valence-electron chi connectivity index (χ1n) is 14.5. The molecule has 12 heteroatoms. The summed E-state index contributed by atoms with van der Waals surface area (Å²) >= 11 is 0. The predicted molar refractivity (Wildman–Crippen MR) is 164 cm³/mol. The molecule has 1 heterocycles. The van der Waals surface area contributed by atoms with Gasteiger partial charge in [0, 0.05) is 12.5 Å². The molecular weight excluding hydrogens is 568 g/mol. The number of carbonyl (C=O) groups is 3. The molecule has 3 rings (SSSR count). The Morgan fingerprint density at radius 2 is 1.50 bits per heavy atom. The summed E-state index contributed by atoms with van der Waals surface area (Å²) in [5.74, 6) is -1.18. The van der Waals surface area contributed by atoms with E-state index in [1.54, 1.807) is 59.7 Å². The molecule has 0 aliphatic rings. The summed E-state index contributed by atoms with van der Waals surface area (Å²) in [6, 6.07) is 16.4. The molecule has 0 fully saturated rings. The van der Waals surface area contributed by atoms with Crippen molar-refractivity contribution >= 4 is 35.2 Å². The van der Waals surface area contributed by atoms with Gasteiger partial charge in [-0.15, -0.1) is 0 Å². The van der Waals surface area contributed by atoms with E-state index in [9.17, 15) is 19.5 Å². The number of oxazole rings is 1. The standard InChI is InChI=1S/C32H42N4O8/c1-31(2,3)43-29(39)35-28(36-30(40)44-32(4,5)6)33-18-12-15-22(19-25(37)41-20-21-13-8-7-9-14-21)26(38)27-34-23-16-10-11-17-24(23)42-27/h7-11,13-14,16-17,22,26,38H,12,15,18-20H2,1-6H3,(H2,33,35,36,39,40)/t22-,26?/m1/s1. The summed E-state index contributed by atoms with van der Waals surface area (Å²) in [6.45, 7) is 10.5. The molecule has 3 N–H and O–H groups in total. The molecule has 3 aromatic rings. The third-order valence-electron chi connectivity index (χ3n) is 5.92. The molecule has 1 unspecified atom stereocenters. The molecule has 0 spiro atoms. The van der Waals surface area contributed by atoms with Crippen molar-refractivity contribution in [3.63, 3.8) is 0 Å². The van der Waals surface area contributed by atoms with Gasteiger partial charge in [0.05, 0.1) is 6.42 Å². The lowest BCUT2D eigenvalue weighted by atomic mass is 9.93. The lowest BCUT2D eigenvalue weighted by molar-refractivity contribution is -0.147. The topological polar surface area (TPSA) is 162 Å². The SMILES string of the molecule is CC(C)(C)OC(=O)NC(=NCCC[C@H](CC(=O)OCc1ccccc1)C(O)c1nc2ccccc2o1)NC(=O)OC(C)(C)C. The normalized spacial score (nSPS) is 13.0. The summed E-state index contributed by atoms with van der Waals surface area (Å²) in [4.78, 5) is 46.3. The number of aliphatic imine (C=N–C) groups is 1. The van der Waals surface area contributed by atoms with Gasteiger partial charge in [-0.25, -0.2) is 14.6 Å². The van der Waals surface area contributed by atoms with Gasteiger partial charge in [-0.1, -0.05) is 42.5 Å². The Bertz CT molecular complexity index is 1360. The summed E-state index contributed by atoms with van der Waals surface area (Å²) in [5, 5.41) is 16.1. The van der Waals surface area contributed by atoms with Gasteiger partial charge in [0.15, 0.2) is 5.58 Å². The molecule has 0 aliphatic carbocycles. The maximum Gasteiger partial charge on any atom is 0.414 e. The van der Waals surface area contributed by atoms with Crippen molar-refractivity contribution < 1.29 is 38.1 Å². The smallest absolute Gasteiger partial charge is 0.414 e. The Morgan fingerprint density at radius 1 is 0.909 bits per heavy atom. The molecule has 2 aromatic carbocycles. The molecule has 0 aliphatic heterocycles. The third kappa shape index (κ3) is 12.0.